The maximum atomic E-state index is 7.07. The summed E-state index contributed by atoms with van der Waals surface area (Å²) < 4.78 is 9.37. The smallest absolute Gasteiger partial charge is 0.235 e. The van der Waals surface area contributed by atoms with Gasteiger partial charge in [0, 0.05) is 39.8 Å². The maximum Gasteiger partial charge on any atom is 0.235 e. The first-order chi connectivity index (χ1) is 26.8. The predicted octanol–water partition coefficient (Wildman–Crippen LogP) is 12.3. The molecule has 2 atom stereocenters. The molecule has 0 amide bonds. The summed E-state index contributed by atoms with van der Waals surface area (Å²) in [6.45, 7) is 0. The number of para-hydroxylation sites is 2. The van der Waals surface area contributed by atoms with Gasteiger partial charge in [-0.25, -0.2) is 9.97 Å². The highest BCUT2D eigenvalue weighted by molar-refractivity contribution is 6.02. The molecular weight excluding hydrogens is 659 g/mol. The SMILES string of the molecule is C1=CC2=C(CC1)O[C@@H]1c3c(c4ccccc4n3-c3nc(-c4ccccc4)c4ccccc4n3)C(c3cc(-c4ccccc4)cc(-c4ccccc4)c3)=CC21. The Bertz CT molecular complexity index is 2790. The van der Waals surface area contributed by atoms with E-state index in [2.05, 4.69) is 174 Å². The van der Waals surface area contributed by atoms with Crippen molar-refractivity contribution in [1.82, 2.24) is 14.5 Å². The number of ether oxygens (including phenoxy) is 1. The van der Waals surface area contributed by atoms with Gasteiger partial charge in [0.2, 0.25) is 5.95 Å². The molecule has 4 heteroatoms. The number of hydrogen-bond acceptors (Lipinski definition) is 3. The Morgan fingerprint density at radius 3 is 1.91 bits per heavy atom. The number of benzene rings is 6. The molecule has 8 aromatic rings. The zero-order valence-corrected chi connectivity index (χ0v) is 29.6. The van der Waals surface area contributed by atoms with Crippen LogP contribution in [-0.2, 0) is 4.74 Å². The van der Waals surface area contributed by atoms with Crippen molar-refractivity contribution in [3.8, 4) is 39.5 Å². The minimum atomic E-state index is -0.218. The second-order valence-electron chi connectivity index (χ2n) is 14.4. The molecule has 0 saturated carbocycles. The van der Waals surface area contributed by atoms with Gasteiger partial charge < -0.3 is 4.74 Å². The molecule has 3 aliphatic rings. The normalized spacial score (nSPS) is 17.2. The van der Waals surface area contributed by atoms with E-state index in [1.807, 2.05) is 6.07 Å². The molecule has 6 aromatic carbocycles. The maximum absolute atomic E-state index is 7.07. The van der Waals surface area contributed by atoms with Gasteiger partial charge in [-0.2, -0.15) is 0 Å². The number of hydrogen-bond donors (Lipinski definition) is 0. The van der Waals surface area contributed by atoms with Gasteiger partial charge in [0.25, 0.3) is 0 Å². The number of nitrogens with zero attached hydrogens (tertiary/aromatic N) is 3. The first-order valence-corrected chi connectivity index (χ1v) is 18.8. The van der Waals surface area contributed by atoms with Crippen LogP contribution < -0.4 is 0 Å². The molecular formula is C50H35N3O. The first-order valence-electron chi connectivity index (χ1n) is 18.8. The molecule has 0 spiro atoms. The summed E-state index contributed by atoms with van der Waals surface area (Å²) in [7, 11) is 0. The van der Waals surface area contributed by atoms with Crippen molar-refractivity contribution >= 4 is 27.4 Å². The van der Waals surface area contributed by atoms with E-state index >= 15 is 0 Å². The van der Waals surface area contributed by atoms with Crippen LogP contribution in [0.1, 0.15) is 35.8 Å². The lowest BCUT2D eigenvalue weighted by atomic mass is 9.78. The molecule has 1 aliphatic heterocycles. The highest BCUT2D eigenvalue weighted by Crippen LogP contribution is 2.55. The Kier molecular flexibility index (Phi) is 7.09. The molecule has 2 aliphatic carbocycles. The van der Waals surface area contributed by atoms with E-state index in [-0.39, 0.29) is 12.0 Å². The second-order valence-corrected chi connectivity index (χ2v) is 14.4. The highest BCUT2D eigenvalue weighted by Gasteiger charge is 2.44. The molecule has 0 N–H and O–H groups in total. The van der Waals surface area contributed by atoms with Gasteiger partial charge in [-0.1, -0.05) is 146 Å². The van der Waals surface area contributed by atoms with Crippen LogP contribution in [0.25, 0.3) is 66.8 Å². The zero-order valence-electron chi connectivity index (χ0n) is 29.6. The number of fused-ring (bicyclic) bond motifs is 7. The van der Waals surface area contributed by atoms with Gasteiger partial charge in [0.15, 0.2) is 0 Å². The van der Waals surface area contributed by atoms with Crippen LogP contribution >= 0.6 is 0 Å². The summed E-state index contributed by atoms with van der Waals surface area (Å²) in [6, 6.07) is 56.0. The van der Waals surface area contributed by atoms with Crippen molar-refractivity contribution in [2.24, 2.45) is 5.92 Å². The van der Waals surface area contributed by atoms with Crippen molar-refractivity contribution in [3.05, 3.63) is 204 Å². The molecule has 256 valence electrons. The monoisotopic (exact) mass is 693 g/mol. The Hall–Kier alpha value is -6.78. The molecule has 0 radical (unpaired) electrons. The van der Waals surface area contributed by atoms with E-state index < -0.39 is 0 Å². The lowest BCUT2D eigenvalue weighted by molar-refractivity contribution is 0.114. The Balaban J connectivity index is 1.22. The average molecular weight is 694 g/mol. The summed E-state index contributed by atoms with van der Waals surface area (Å²) in [4.78, 5) is 10.8. The summed E-state index contributed by atoms with van der Waals surface area (Å²) in [5.41, 5.74) is 14.6. The van der Waals surface area contributed by atoms with Crippen LogP contribution in [0.4, 0.5) is 0 Å². The third-order valence-corrected chi connectivity index (χ3v) is 11.2. The van der Waals surface area contributed by atoms with E-state index in [1.165, 1.54) is 44.5 Å². The Morgan fingerprint density at radius 2 is 1.19 bits per heavy atom. The van der Waals surface area contributed by atoms with Crippen LogP contribution in [0.5, 0.6) is 0 Å². The first kappa shape index (κ1) is 30.8. The molecule has 0 bridgehead atoms. The van der Waals surface area contributed by atoms with E-state index in [0.717, 1.165) is 57.4 Å². The topological polar surface area (TPSA) is 39.9 Å². The molecule has 1 unspecified atom stereocenters. The number of allylic oxidation sites excluding steroid dienone is 3. The lowest BCUT2D eigenvalue weighted by Gasteiger charge is -2.28. The van der Waals surface area contributed by atoms with Crippen LogP contribution in [0, 0.1) is 5.92 Å². The highest BCUT2D eigenvalue weighted by atomic mass is 16.5. The van der Waals surface area contributed by atoms with Crippen LogP contribution in [0.15, 0.2) is 187 Å². The Morgan fingerprint density at radius 1 is 0.574 bits per heavy atom. The fourth-order valence-electron chi connectivity index (χ4n) is 8.77. The van der Waals surface area contributed by atoms with Crippen LogP contribution in [0.3, 0.4) is 0 Å². The molecule has 3 heterocycles. The average Bonchev–Trinajstić information content (AvgIpc) is 3.80. The molecule has 4 nitrogen and oxygen atoms in total. The summed E-state index contributed by atoms with van der Waals surface area (Å²) in [5.74, 6) is 1.79. The van der Waals surface area contributed by atoms with Gasteiger partial charge in [0.1, 0.15) is 11.9 Å². The fraction of sp³-hybridized carbons (Fsp3) is 0.0800. The van der Waals surface area contributed by atoms with Gasteiger partial charge in [0.05, 0.1) is 22.4 Å². The zero-order chi connectivity index (χ0) is 35.6. The summed E-state index contributed by atoms with van der Waals surface area (Å²) in [5, 5.41) is 2.19. The molecule has 2 aromatic heterocycles. The molecule has 0 saturated heterocycles. The van der Waals surface area contributed by atoms with Crippen molar-refractivity contribution < 1.29 is 4.74 Å². The molecule has 0 fully saturated rings. The third kappa shape index (κ3) is 4.91. The van der Waals surface area contributed by atoms with Gasteiger partial charge >= 0.3 is 0 Å². The van der Waals surface area contributed by atoms with E-state index in [1.54, 1.807) is 0 Å². The minimum Gasteiger partial charge on any atom is -0.487 e. The van der Waals surface area contributed by atoms with Gasteiger partial charge in [-0.3, -0.25) is 4.57 Å². The second kappa shape index (κ2) is 12.4. The van der Waals surface area contributed by atoms with Gasteiger partial charge in [-0.15, -0.1) is 0 Å². The molecule has 54 heavy (non-hydrogen) atoms. The van der Waals surface area contributed by atoms with E-state index in [9.17, 15) is 0 Å². The molecule has 11 rings (SSSR count). The summed E-state index contributed by atoms with van der Waals surface area (Å²) >= 11 is 0. The number of rotatable bonds is 5. The third-order valence-electron chi connectivity index (χ3n) is 11.2. The van der Waals surface area contributed by atoms with Crippen molar-refractivity contribution in [3.63, 3.8) is 0 Å². The van der Waals surface area contributed by atoms with E-state index in [0.29, 0.717) is 5.95 Å². The lowest BCUT2D eigenvalue weighted by Crippen LogP contribution is -2.20. The van der Waals surface area contributed by atoms with Crippen molar-refractivity contribution in [1.29, 1.82) is 0 Å². The van der Waals surface area contributed by atoms with Crippen molar-refractivity contribution in [2.75, 3.05) is 0 Å². The fourth-order valence-corrected chi connectivity index (χ4v) is 8.77. The van der Waals surface area contributed by atoms with Gasteiger partial charge in [-0.05, 0) is 70.1 Å². The van der Waals surface area contributed by atoms with E-state index in [4.69, 9.17) is 14.7 Å². The quantitative estimate of drug-likeness (QED) is 0.180. The predicted molar refractivity (Wildman–Crippen MR) is 219 cm³/mol. The Labute approximate surface area is 314 Å². The largest absolute Gasteiger partial charge is 0.487 e. The minimum absolute atomic E-state index is 0.0386. The standard InChI is InChI=1S/C50H35N3O/c1-4-16-32(17-5-1)35-28-36(33-18-6-2-7-19-33)30-37(29-35)41-31-42-38-22-12-15-27-45(38)54-49(42)48-46(41)40-24-11-14-26-44(40)53(48)50-51-43-25-13-10-23-39(43)47(52-50)34-20-8-3-9-21-34/h1-14,16-26,28-31,42,49H,15,27H2/t42?,49-/m0/s1. The summed E-state index contributed by atoms with van der Waals surface area (Å²) in [6.07, 6.45) is 8.75. The van der Waals surface area contributed by atoms with Crippen LogP contribution in [-0.4, -0.2) is 14.5 Å². The van der Waals surface area contributed by atoms with Crippen molar-refractivity contribution in [2.45, 2.75) is 18.9 Å². The van der Waals surface area contributed by atoms with Crippen LogP contribution in [0.2, 0.25) is 0 Å². The number of aromatic nitrogens is 3.